The zero-order valence-electron chi connectivity index (χ0n) is 14.7. The fourth-order valence-corrected chi connectivity index (χ4v) is 4.01. The molecule has 2 fully saturated rings. The van der Waals surface area contributed by atoms with Crippen molar-refractivity contribution in [3.05, 3.63) is 0 Å². The molecule has 1 nitrogen and oxygen atoms in total. The maximum absolute atomic E-state index is 10.5. The summed E-state index contributed by atoms with van der Waals surface area (Å²) in [5, 5.41) is 0. The van der Waals surface area contributed by atoms with Crippen LogP contribution in [0.4, 0.5) is 0 Å². The van der Waals surface area contributed by atoms with E-state index in [9.17, 15) is 4.79 Å². The van der Waals surface area contributed by atoms with Gasteiger partial charge in [0.15, 0.2) is 0 Å². The molecular formula is C20H38O. The largest absolute Gasteiger partial charge is 0.300 e. The number of unbranched alkanes of at least 4 members (excludes halogenated alkanes) is 5. The molecule has 2 aliphatic carbocycles. The van der Waals surface area contributed by atoms with Gasteiger partial charge < -0.3 is 4.79 Å². The average molecular weight is 295 g/mol. The Hall–Kier alpha value is -0.330. The number of rotatable bonds is 7. The molecule has 2 aliphatic rings. The maximum Gasteiger partial charge on any atom is 0.129 e. The molecule has 0 aromatic heterocycles. The van der Waals surface area contributed by atoms with Crippen LogP contribution >= 0.6 is 0 Å². The lowest BCUT2D eigenvalue weighted by Gasteiger charge is -2.35. The number of carbonyl (C=O) groups is 1. The molecule has 0 radical (unpaired) electrons. The van der Waals surface area contributed by atoms with Gasteiger partial charge in [-0.05, 0) is 25.2 Å². The van der Waals surface area contributed by atoms with E-state index < -0.39 is 0 Å². The average Bonchev–Trinajstić information content (AvgIpc) is 2.51. The summed E-state index contributed by atoms with van der Waals surface area (Å²) in [6, 6.07) is 0. The highest BCUT2D eigenvalue weighted by atomic mass is 16.1. The first-order chi connectivity index (χ1) is 10.2. The number of ketones is 1. The Morgan fingerprint density at radius 3 is 1.62 bits per heavy atom. The van der Waals surface area contributed by atoms with Gasteiger partial charge in [-0.3, -0.25) is 0 Å². The number of Topliss-reactive ketones (excluding diaryl/α,β-unsaturated/α-hetero) is 1. The molecule has 2 rings (SSSR count). The summed E-state index contributed by atoms with van der Waals surface area (Å²) in [5.41, 5.74) is 0. The molecule has 0 N–H and O–H groups in total. The molecule has 0 aromatic rings. The van der Waals surface area contributed by atoms with Gasteiger partial charge in [-0.25, -0.2) is 0 Å². The van der Waals surface area contributed by atoms with E-state index in [4.69, 9.17) is 0 Å². The second-order valence-electron chi connectivity index (χ2n) is 7.31. The van der Waals surface area contributed by atoms with E-state index >= 15 is 0 Å². The highest BCUT2D eigenvalue weighted by molar-refractivity contribution is 5.75. The van der Waals surface area contributed by atoms with Crippen molar-refractivity contribution in [2.45, 2.75) is 110 Å². The minimum Gasteiger partial charge on any atom is -0.300 e. The number of hydrogen-bond donors (Lipinski definition) is 0. The Balaban J connectivity index is 0.000000210. The third-order valence-corrected chi connectivity index (χ3v) is 5.35. The van der Waals surface area contributed by atoms with Crippen molar-refractivity contribution in [1.82, 2.24) is 0 Å². The third kappa shape index (κ3) is 9.32. The second-order valence-corrected chi connectivity index (χ2v) is 7.31. The topological polar surface area (TPSA) is 17.1 Å². The second kappa shape index (κ2) is 12.2. The van der Waals surface area contributed by atoms with Crippen LogP contribution < -0.4 is 0 Å². The molecule has 21 heavy (non-hydrogen) atoms. The van der Waals surface area contributed by atoms with Gasteiger partial charge in [-0.1, -0.05) is 90.4 Å². The molecule has 0 saturated heterocycles. The number of carbonyl (C=O) groups excluding carboxylic acids is 1. The number of hydrogen-bond acceptors (Lipinski definition) is 1. The Morgan fingerprint density at radius 2 is 1.19 bits per heavy atom. The fraction of sp³-hybridized carbons (Fsp3) is 0.950. The Kier molecular flexibility index (Phi) is 10.9. The predicted octanol–water partition coefficient (Wildman–Crippen LogP) is 6.69. The van der Waals surface area contributed by atoms with Crippen LogP contribution in [0.5, 0.6) is 0 Å². The van der Waals surface area contributed by atoms with Gasteiger partial charge >= 0.3 is 0 Å². The first kappa shape index (κ1) is 18.7. The molecule has 0 unspecified atom stereocenters. The van der Waals surface area contributed by atoms with Gasteiger partial charge in [0.2, 0.25) is 0 Å². The summed E-state index contributed by atoms with van der Waals surface area (Å²) < 4.78 is 0. The first-order valence-corrected chi connectivity index (χ1v) is 9.73. The fourth-order valence-electron chi connectivity index (χ4n) is 4.01. The molecule has 0 aliphatic heterocycles. The zero-order chi connectivity index (χ0) is 15.3. The molecule has 1 heteroatoms. The first-order valence-electron chi connectivity index (χ1n) is 9.73. The van der Waals surface area contributed by atoms with Crippen LogP contribution in [0.25, 0.3) is 0 Å². The Bertz CT molecular complexity index is 233. The van der Waals surface area contributed by atoms with Crippen LogP contribution in [0, 0.1) is 11.8 Å². The molecule has 0 aromatic carbocycles. The lowest BCUT2D eigenvalue weighted by molar-refractivity contribution is -0.117. The minimum atomic E-state index is 0.334. The van der Waals surface area contributed by atoms with E-state index in [1.54, 1.807) is 32.6 Å². The van der Waals surface area contributed by atoms with Crippen LogP contribution in [0.1, 0.15) is 110 Å². The molecule has 0 bridgehead atoms. The van der Waals surface area contributed by atoms with Crippen LogP contribution in [0.3, 0.4) is 0 Å². The third-order valence-electron chi connectivity index (χ3n) is 5.35. The van der Waals surface area contributed by atoms with E-state index in [-0.39, 0.29) is 0 Å². The lowest BCUT2D eigenvalue weighted by Crippen LogP contribution is -2.22. The van der Waals surface area contributed by atoms with Crippen LogP contribution in [-0.2, 0) is 4.79 Å². The summed E-state index contributed by atoms with van der Waals surface area (Å²) in [6.07, 6.45) is 20.8. The predicted molar refractivity (Wildman–Crippen MR) is 92.6 cm³/mol. The Morgan fingerprint density at radius 1 is 0.762 bits per heavy atom. The van der Waals surface area contributed by atoms with Crippen LogP contribution in [0.15, 0.2) is 0 Å². The summed E-state index contributed by atoms with van der Waals surface area (Å²) in [6.45, 7) is 3.89. The monoisotopic (exact) mass is 294 g/mol. The van der Waals surface area contributed by atoms with Crippen molar-refractivity contribution in [2.75, 3.05) is 0 Å². The zero-order valence-corrected chi connectivity index (χ0v) is 14.7. The van der Waals surface area contributed by atoms with E-state index in [1.165, 1.54) is 57.8 Å². The molecule has 0 atom stereocenters. The Labute approximate surface area is 133 Å². The normalized spacial score (nSPS) is 24.7. The van der Waals surface area contributed by atoms with Crippen molar-refractivity contribution >= 4 is 5.78 Å². The molecule has 2 saturated carbocycles. The molecule has 0 heterocycles. The van der Waals surface area contributed by atoms with Gasteiger partial charge in [0.25, 0.3) is 0 Å². The molecule has 0 amide bonds. The van der Waals surface area contributed by atoms with Crippen LogP contribution in [-0.4, -0.2) is 5.78 Å². The van der Waals surface area contributed by atoms with Crippen molar-refractivity contribution in [1.29, 1.82) is 0 Å². The van der Waals surface area contributed by atoms with Gasteiger partial charge in [-0.15, -0.1) is 0 Å². The quantitative estimate of drug-likeness (QED) is 0.478. The summed E-state index contributed by atoms with van der Waals surface area (Å²) in [5.74, 6) is 2.64. The summed E-state index contributed by atoms with van der Waals surface area (Å²) in [4.78, 5) is 10.5. The van der Waals surface area contributed by atoms with Gasteiger partial charge in [0.05, 0.1) is 0 Å². The van der Waals surface area contributed by atoms with Gasteiger partial charge in [0.1, 0.15) is 5.78 Å². The van der Waals surface area contributed by atoms with Gasteiger partial charge in [-0.2, -0.15) is 0 Å². The van der Waals surface area contributed by atoms with E-state index in [0.29, 0.717) is 5.78 Å². The van der Waals surface area contributed by atoms with E-state index in [1.807, 2.05) is 0 Å². The standard InChI is InChI=1S/C10H20O.C10H18/c1-3-4-5-6-7-8-9-10(2)11;1-2-6-10-8-4-3-7-9(10)5-1/h3-9H2,1-2H3;9-10H,1-8H2. The highest BCUT2D eigenvalue weighted by Gasteiger charge is 2.26. The summed E-state index contributed by atoms with van der Waals surface area (Å²) >= 11 is 0. The van der Waals surface area contributed by atoms with Crippen molar-refractivity contribution < 1.29 is 4.79 Å². The molecule has 124 valence electrons. The molecular weight excluding hydrogens is 256 g/mol. The highest BCUT2D eigenvalue weighted by Crippen LogP contribution is 2.39. The van der Waals surface area contributed by atoms with Gasteiger partial charge in [0, 0.05) is 6.42 Å². The maximum atomic E-state index is 10.5. The van der Waals surface area contributed by atoms with Crippen LogP contribution in [0.2, 0.25) is 0 Å². The van der Waals surface area contributed by atoms with Crippen molar-refractivity contribution in [2.24, 2.45) is 11.8 Å². The SMILES string of the molecule is C1CCC2CCCCC2C1.CCCCCCCCC(C)=O. The van der Waals surface area contributed by atoms with E-state index in [2.05, 4.69) is 6.92 Å². The summed E-state index contributed by atoms with van der Waals surface area (Å²) in [7, 11) is 0. The minimum absolute atomic E-state index is 0.334. The van der Waals surface area contributed by atoms with E-state index in [0.717, 1.165) is 24.7 Å². The van der Waals surface area contributed by atoms with Crippen molar-refractivity contribution in [3.63, 3.8) is 0 Å². The van der Waals surface area contributed by atoms with Crippen molar-refractivity contribution in [3.8, 4) is 0 Å². The lowest BCUT2D eigenvalue weighted by atomic mass is 9.71. The smallest absolute Gasteiger partial charge is 0.129 e. The number of fused-ring (bicyclic) bond motifs is 1. The molecule has 0 spiro atoms.